The van der Waals surface area contributed by atoms with Crippen LogP contribution in [-0.4, -0.2) is 37.0 Å². The van der Waals surface area contributed by atoms with Gasteiger partial charge in [0.05, 0.1) is 6.20 Å². The summed E-state index contributed by atoms with van der Waals surface area (Å²) >= 11 is 0. The van der Waals surface area contributed by atoms with Crippen molar-refractivity contribution < 1.29 is 4.79 Å². The summed E-state index contributed by atoms with van der Waals surface area (Å²) in [5.41, 5.74) is 0.672. The predicted octanol–water partition coefficient (Wildman–Crippen LogP) is 0.298. The maximum atomic E-state index is 11.4. The second-order valence-corrected chi connectivity index (χ2v) is 3.79. The Labute approximate surface area is 105 Å². The number of imidazole rings is 1. The van der Waals surface area contributed by atoms with E-state index in [1.165, 1.54) is 4.68 Å². The van der Waals surface area contributed by atoms with Crippen molar-refractivity contribution in [3.8, 4) is 11.5 Å². The Balaban J connectivity index is 2.13. The first kappa shape index (κ1) is 12.3. The molecular formula is C11H16N6O. The SMILES string of the molecule is CCNC(=O)Cn1cc(-c2nccn2CC)nn1. The van der Waals surface area contributed by atoms with Crippen molar-refractivity contribution in [3.05, 3.63) is 18.6 Å². The van der Waals surface area contributed by atoms with E-state index in [4.69, 9.17) is 0 Å². The van der Waals surface area contributed by atoms with Gasteiger partial charge in [-0.05, 0) is 13.8 Å². The van der Waals surface area contributed by atoms with Crippen LogP contribution in [0, 0.1) is 0 Å². The molecular weight excluding hydrogens is 232 g/mol. The maximum Gasteiger partial charge on any atom is 0.241 e. The third-order valence-corrected chi connectivity index (χ3v) is 2.50. The molecule has 2 aromatic heterocycles. The van der Waals surface area contributed by atoms with Crippen LogP contribution >= 0.6 is 0 Å². The smallest absolute Gasteiger partial charge is 0.241 e. The summed E-state index contributed by atoms with van der Waals surface area (Å²) in [7, 11) is 0. The number of hydrogen-bond donors (Lipinski definition) is 1. The van der Waals surface area contributed by atoms with Gasteiger partial charge in [0.25, 0.3) is 0 Å². The van der Waals surface area contributed by atoms with E-state index in [2.05, 4.69) is 20.6 Å². The van der Waals surface area contributed by atoms with Crippen molar-refractivity contribution in [3.63, 3.8) is 0 Å². The van der Waals surface area contributed by atoms with Gasteiger partial charge in [-0.15, -0.1) is 5.10 Å². The fourth-order valence-electron chi connectivity index (χ4n) is 1.68. The van der Waals surface area contributed by atoms with Crippen LogP contribution in [0.4, 0.5) is 0 Å². The molecule has 1 N–H and O–H groups in total. The van der Waals surface area contributed by atoms with Gasteiger partial charge in [-0.2, -0.15) is 0 Å². The zero-order valence-corrected chi connectivity index (χ0v) is 10.5. The minimum absolute atomic E-state index is 0.0761. The van der Waals surface area contributed by atoms with Crippen molar-refractivity contribution >= 4 is 5.91 Å². The predicted molar refractivity (Wildman–Crippen MR) is 65.6 cm³/mol. The quantitative estimate of drug-likeness (QED) is 0.825. The van der Waals surface area contributed by atoms with Crippen LogP contribution in [-0.2, 0) is 17.9 Å². The summed E-state index contributed by atoms with van der Waals surface area (Å²) in [4.78, 5) is 15.6. The normalized spacial score (nSPS) is 10.6. The first-order chi connectivity index (χ1) is 8.74. The second kappa shape index (κ2) is 5.44. The number of nitrogens with one attached hydrogen (secondary N) is 1. The summed E-state index contributed by atoms with van der Waals surface area (Å²) < 4.78 is 3.48. The van der Waals surface area contributed by atoms with Gasteiger partial charge >= 0.3 is 0 Å². The van der Waals surface area contributed by atoms with E-state index in [0.717, 1.165) is 12.4 Å². The third-order valence-electron chi connectivity index (χ3n) is 2.50. The van der Waals surface area contributed by atoms with Gasteiger partial charge in [0, 0.05) is 25.5 Å². The van der Waals surface area contributed by atoms with Crippen LogP contribution in [0.25, 0.3) is 11.5 Å². The Bertz CT molecular complexity index is 529. The standard InChI is InChI=1S/C11H16N6O/c1-3-12-10(18)8-17-7-9(14-15-17)11-13-5-6-16(11)4-2/h5-7H,3-4,8H2,1-2H3,(H,12,18). The highest BCUT2D eigenvalue weighted by molar-refractivity contribution is 5.75. The number of hydrogen-bond acceptors (Lipinski definition) is 4. The molecule has 0 radical (unpaired) electrons. The van der Waals surface area contributed by atoms with Crippen molar-refractivity contribution in [1.82, 2.24) is 29.9 Å². The number of nitrogens with zero attached hydrogens (tertiary/aromatic N) is 5. The fraction of sp³-hybridized carbons (Fsp3) is 0.455. The van der Waals surface area contributed by atoms with Gasteiger partial charge in [0.1, 0.15) is 12.2 Å². The van der Waals surface area contributed by atoms with Crippen molar-refractivity contribution in [2.75, 3.05) is 6.54 Å². The number of aryl methyl sites for hydroxylation is 1. The Morgan fingerprint density at radius 2 is 2.28 bits per heavy atom. The lowest BCUT2D eigenvalue weighted by Gasteiger charge is -2.01. The number of likely N-dealkylation sites (N-methyl/N-ethyl adjacent to an activating group) is 1. The van der Waals surface area contributed by atoms with Crippen LogP contribution in [0.15, 0.2) is 18.6 Å². The summed E-state index contributed by atoms with van der Waals surface area (Å²) in [6.45, 7) is 5.51. The molecule has 18 heavy (non-hydrogen) atoms. The van der Waals surface area contributed by atoms with Crippen LogP contribution in [0.1, 0.15) is 13.8 Å². The lowest BCUT2D eigenvalue weighted by atomic mass is 10.4. The highest BCUT2D eigenvalue weighted by atomic mass is 16.2. The van der Waals surface area contributed by atoms with E-state index >= 15 is 0 Å². The van der Waals surface area contributed by atoms with Crippen LogP contribution < -0.4 is 5.32 Å². The van der Waals surface area contributed by atoms with Gasteiger partial charge in [-0.3, -0.25) is 4.79 Å². The van der Waals surface area contributed by atoms with Crippen LogP contribution in [0.3, 0.4) is 0 Å². The average molecular weight is 248 g/mol. The van der Waals surface area contributed by atoms with E-state index < -0.39 is 0 Å². The fourth-order valence-corrected chi connectivity index (χ4v) is 1.68. The molecule has 7 heteroatoms. The molecule has 0 aliphatic rings. The van der Waals surface area contributed by atoms with E-state index in [9.17, 15) is 4.79 Å². The third kappa shape index (κ3) is 2.55. The zero-order valence-electron chi connectivity index (χ0n) is 10.5. The number of aromatic nitrogens is 5. The first-order valence-corrected chi connectivity index (χ1v) is 5.93. The second-order valence-electron chi connectivity index (χ2n) is 3.79. The molecule has 0 aromatic carbocycles. The van der Waals surface area contributed by atoms with Gasteiger partial charge in [0.2, 0.25) is 5.91 Å². The molecule has 2 heterocycles. The number of carbonyl (C=O) groups is 1. The first-order valence-electron chi connectivity index (χ1n) is 5.93. The van der Waals surface area contributed by atoms with Crippen LogP contribution in [0.5, 0.6) is 0 Å². The van der Waals surface area contributed by atoms with E-state index in [-0.39, 0.29) is 12.5 Å². The average Bonchev–Trinajstić information content (AvgIpc) is 2.96. The molecule has 0 bridgehead atoms. The molecule has 1 amide bonds. The topological polar surface area (TPSA) is 77.6 Å². The molecule has 7 nitrogen and oxygen atoms in total. The van der Waals surface area contributed by atoms with Gasteiger partial charge < -0.3 is 9.88 Å². The molecule has 0 aliphatic heterocycles. The highest BCUT2D eigenvalue weighted by Gasteiger charge is 2.10. The molecule has 0 atom stereocenters. The molecule has 2 rings (SSSR count). The van der Waals surface area contributed by atoms with Gasteiger partial charge in [0.15, 0.2) is 5.82 Å². The molecule has 0 aliphatic carbocycles. The van der Waals surface area contributed by atoms with E-state index in [1.807, 2.05) is 24.6 Å². The minimum Gasteiger partial charge on any atom is -0.355 e. The van der Waals surface area contributed by atoms with E-state index in [0.29, 0.717) is 12.2 Å². The molecule has 0 fully saturated rings. The highest BCUT2D eigenvalue weighted by Crippen LogP contribution is 2.13. The lowest BCUT2D eigenvalue weighted by molar-refractivity contribution is -0.121. The Hall–Kier alpha value is -2.18. The summed E-state index contributed by atoms with van der Waals surface area (Å²) in [6, 6.07) is 0. The molecule has 0 unspecified atom stereocenters. The molecule has 2 aromatic rings. The summed E-state index contributed by atoms with van der Waals surface area (Å²) in [6.07, 6.45) is 5.34. The number of amides is 1. The molecule has 0 saturated heterocycles. The molecule has 0 spiro atoms. The van der Waals surface area contributed by atoms with Crippen molar-refractivity contribution in [2.45, 2.75) is 26.9 Å². The largest absolute Gasteiger partial charge is 0.355 e. The number of carbonyl (C=O) groups excluding carboxylic acids is 1. The molecule has 0 saturated carbocycles. The van der Waals surface area contributed by atoms with Crippen LogP contribution in [0.2, 0.25) is 0 Å². The minimum atomic E-state index is -0.0761. The summed E-state index contributed by atoms with van der Waals surface area (Å²) in [5, 5.41) is 10.7. The summed E-state index contributed by atoms with van der Waals surface area (Å²) in [5.74, 6) is 0.687. The lowest BCUT2D eigenvalue weighted by Crippen LogP contribution is -2.27. The monoisotopic (exact) mass is 248 g/mol. The maximum absolute atomic E-state index is 11.4. The Kier molecular flexibility index (Phi) is 3.71. The van der Waals surface area contributed by atoms with Crippen molar-refractivity contribution in [1.29, 1.82) is 0 Å². The van der Waals surface area contributed by atoms with Gasteiger partial charge in [-0.25, -0.2) is 9.67 Å². The number of rotatable bonds is 5. The zero-order chi connectivity index (χ0) is 13.0. The Morgan fingerprint density at radius 3 is 3.00 bits per heavy atom. The Morgan fingerprint density at radius 1 is 1.44 bits per heavy atom. The van der Waals surface area contributed by atoms with Crippen molar-refractivity contribution in [2.24, 2.45) is 0 Å². The van der Waals surface area contributed by atoms with Gasteiger partial charge in [-0.1, -0.05) is 5.21 Å². The van der Waals surface area contributed by atoms with E-state index in [1.54, 1.807) is 12.4 Å². The molecule has 96 valence electrons.